The molecule has 3 aromatic carbocycles. The van der Waals surface area contributed by atoms with Crippen LogP contribution in [0.4, 0.5) is 13.2 Å². The monoisotopic (exact) mass is 515 g/mol. The van der Waals surface area contributed by atoms with E-state index in [1.54, 1.807) is 14.2 Å². The Kier molecular flexibility index (Phi) is 8.27. The molecule has 4 rings (SSSR count). The number of benzene rings is 3. The van der Waals surface area contributed by atoms with Crippen molar-refractivity contribution in [2.75, 3.05) is 33.9 Å². The van der Waals surface area contributed by atoms with Crippen LogP contribution in [0.2, 0.25) is 0 Å². The molecule has 3 aromatic rings. The Morgan fingerprint density at radius 1 is 1.05 bits per heavy atom. The minimum atomic E-state index is -4.17. The van der Waals surface area contributed by atoms with Gasteiger partial charge in [-0.3, -0.25) is 4.79 Å². The molecule has 0 aromatic heterocycles. The van der Waals surface area contributed by atoms with E-state index in [1.165, 1.54) is 0 Å². The van der Waals surface area contributed by atoms with Gasteiger partial charge in [-0.25, -0.2) is 0 Å². The SMILES string of the molecule is COc1ccc(C2CCCN(CCC(F)(F)F)C2)c(OC)c1-c1cccc2c(CCC(=O)O)cccc12. The lowest BCUT2D eigenvalue weighted by Gasteiger charge is -2.34. The maximum Gasteiger partial charge on any atom is 0.390 e. The number of likely N-dealkylation sites (tertiary alicyclic amines) is 1. The molecule has 0 amide bonds. The standard InChI is InChI=1S/C29H32F3NO4/c1-36-25-13-12-22(20-7-5-16-33(18-20)17-15-29(30,31)32)28(37-2)27(25)24-10-4-8-21-19(11-14-26(34)35)6-3-9-23(21)24/h3-4,6,8-10,12-13,20H,5,7,11,14-18H2,1-2H3,(H,34,35). The van der Waals surface area contributed by atoms with Crippen LogP contribution >= 0.6 is 0 Å². The van der Waals surface area contributed by atoms with E-state index in [9.17, 15) is 23.1 Å². The summed E-state index contributed by atoms with van der Waals surface area (Å²) in [6, 6.07) is 15.6. The molecule has 1 aliphatic heterocycles. The summed E-state index contributed by atoms with van der Waals surface area (Å²) in [5.41, 5.74) is 3.59. The third-order valence-corrected chi connectivity index (χ3v) is 7.12. The van der Waals surface area contributed by atoms with Gasteiger partial charge in [-0.05, 0) is 59.3 Å². The summed E-state index contributed by atoms with van der Waals surface area (Å²) in [4.78, 5) is 13.1. The molecule has 0 aliphatic carbocycles. The number of carbonyl (C=O) groups is 1. The van der Waals surface area contributed by atoms with Crippen molar-refractivity contribution in [2.45, 2.75) is 44.2 Å². The zero-order valence-corrected chi connectivity index (χ0v) is 21.1. The summed E-state index contributed by atoms with van der Waals surface area (Å²) in [6.07, 6.45) is -2.85. The van der Waals surface area contributed by atoms with Crippen LogP contribution in [0.25, 0.3) is 21.9 Å². The Labute approximate surface area is 214 Å². The Morgan fingerprint density at radius 3 is 2.51 bits per heavy atom. The Morgan fingerprint density at radius 2 is 1.81 bits per heavy atom. The van der Waals surface area contributed by atoms with Crippen molar-refractivity contribution in [1.82, 2.24) is 4.90 Å². The molecule has 1 atom stereocenters. The van der Waals surface area contributed by atoms with E-state index >= 15 is 0 Å². The number of hydrogen-bond donors (Lipinski definition) is 1. The topological polar surface area (TPSA) is 59.0 Å². The maximum absolute atomic E-state index is 12.8. The third kappa shape index (κ3) is 6.18. The molecule has 1 unspecified atom stereocenters. The zero-order valence-electron chi connectivity index (χ0n) is 21.1. The highest BCUT2D eigenvalue weighted by molar-refractivity contribution is 6.01. The van der Waals surface area contributed by atoms with E-state index in [0.717, 1.165) is 45.9 Å². The Balaban J connectivity index is 1.77. The van der Waals surface area contributed by atoms with Crippen molar-refractivity contribution >= 4 is 16.7 Å². The largest absolute Gasteiger partial charge is 0.496 e. The van der Waals surface area contributed by atoms with Gasteiger partial charge in [0.25, 0.3) is 0 Å². The number of methoxy groups -OCH3 is 2. The number of aryl methyl sites for hydroxylation is 1. The fourth-order valence-electron chi connectivity index (χ4n) is 5.40. The number of carboxylic acids is 1. The van der Waals surface area contributed by atoms with Crippen molar-refractivity contribution in [1.29, 1.82) is 0 Å². The molecule has 198 valence electrons. The first-order chi connectivity index (χ1) is 17.7. The zero-order chi connectivity index (χ0) is 26.6. The first-order valence-electron chi connectivity index (χ1n) is 12.5. The summed E-state index contributed by atoms with van der Waals surface area (Å²) >= 11 is 0. The molecule has 1 heterocycles. The minimum absolute atomic E-state index is 0.00618. The number of hydrogen-bond acceptors (Lipinski definition) is 4. The molecule has 5 nitrogen and oxygen atoms in total. The van der Waals surface area contributed by atoms with Gasteiger partial charge in [0.15, 0.2) is 0 Å². The van der Waals surface area contributed by atoms with Crippen LogP contribution < -0.4 is 9.47 Å². The number of halogens is 3. The molecule has 0 bridgehead atoms. The van der Waals surface area contributed by atoms with Gasteiger partial charge in [-0.15, -0.1) is 0 Å². The van der Waals surface area contributed by atoms with E-state index < -0.39 is 18.6 Å². The predicted molar refractivity (Wildman–Crippen MR) is 138 cm³/mol. The smallest absolute Gasteiger partial charge is 0.390 e. The molecule has 8 heteroatoms. The number of piperidine rings is 1. The number of fused-ring (bicyclic) bond motifs is 1. The van der Waals surface area contributed by atoms with Crippen molar-refractivity contribution in [3.05, 3.63) is 59.7 Å². The normalized spacial score (nSPS) is 16.6. The van der Waals surface area contributed by atoms with Gasteiger partial charge in [-0.2, -0.15) is 13.2 Å². The number of carboxylic acid groups (broad SMARTS) is 1. The minimum Gasteiger partial charge on any atom is -0.496 e. The van der Waals surface area contributed by atoms with E-state index in [4.69, 9.17) is 9.47 Å². The number of alkyl halides is 3. The molecule has 0 saturated carbocycles. The highest BCUT2D eigenvalue weighted by Crippen LogP contribution is 2.47. The van der Waals surface area contributed by atoms with Crippen molar-refractivity contribution in [3.63, 3.8) is 0 Å². The van der Waals surface area contributed by atoms with Crippen LogP contribution in [0, 0.1) is 0 Å². The second-order valence-electron chi connectivity index (χ2n) is 9.48. The van der Waals surface area contributed by atoms with Crippen molar-refractivity contribution < 1.29 is 32.5 Å². The molecule has 1 fully saturated rings. The van der Waals surface area contributed by atoms with Gasteiger partial charge < -0.3 is 19.5 Å². The lowest BCUT2D eigenvalue weighted by atomic mass is 9.86. The fourth-order valence-corrected chi connectivity index (χ4v) is 5.40. The predicted octanol–water partition coefficient (Wildman–Crippen LogP) is 6.67. The number of ether oxygens (including phenoxy) is 2. The van der Waals surface area contributed by atoms with Gasteiger partial charge >= 0.3 is 12.1 Å². The van der Waals surface area contributed by atoms with Gasteiger partial charge in [-0.1, -0.05) is 42.5 Å². The second-order valence-corrected chi connectivity index (χ2v) is 9.48. The maximum atomic E-state index is 12.8. The summed E-state index contributed by atoms with van der Waals surface area (Å²) < 4.78 is 50.2. The Bertz CT molecular complexity index is 1260. The summed E-state index contributed by atoms with van der Waals surface area (Å²) in [5.74, 6) is 0.475. The molecular weight excluding hydrogens is 483 g/mol. The van der Waals surface area contributed by atoms with Crippen molar-refractivity contribution in [3.8, 4) is 22.6 Å². The van der Waals surface area contributed by atoms with Gasteiger partial charge in [0.2, 0.25) is 0 Å². The first-order valence-corrected chi connectivity index (χ1v) is 12.5. The summed E-state index contributed by atoms with van der Waals surface area (Å²) in [7, 11) is 3.20. The number of aliphatic carboxylic acids is 1. The van der Waals surface area contributed by atoms with E-state index in [2.05, 4.69) is 0 Å². The molecule has 1 saturated heterocycles. The van der Waals surface area contributed by atoms with E-state index in [-0.39, 0.29) is 18.9 Å². The average molecular weight is 516 g/mol. The van der Waals surface area contributed by atoms with Crippen LogP contribution in [-0.2, 0) is 11.2 Å². The second kappa shape index (κ2) is 11.4. The number of rotatable bonds is 9. The fraction of sp³-hybridized carbons (Fsp3) is 0.414. The lowest BCUT2D eigenvalue weighted by molar-refractivity contribution is -0.139. The van der Waals surface area contributed by atoms with E-state index in [0.29, 0.717) is 31.0 Å². The quantitative estimate of drug-likeness (QED) is 0.345. The van der Waals surface area contributed by atoms with Crippen LogP contribution in [-0.4, -0.2) is 56.0 Å². The van der Waals surface area contributed by atoms with Crippen LogP contribution in [0.15, 0.2) is 48.5 Å². The van der Waals surface area contributed by atoms with Gasteiger partial charge in [0.05, 0.1) is 26.2 Å². The van der Waals surface area contributed by atoms with Crippen molar-refractivity contribution in [2.24, 2.45) is 0 Å². The highest BCUT2D eigenvalue weighted by atomic mass is 19.4. The molecular formula is C29H32F3NO4. The molecule has 0 spiro atoms. The molecule has 0 radical (unpaired) electrons. The van der Waals surface area contributed by atoms with Gasteiger partial charge in [0, 0.05) is 25.4 Å². The highest BCUT2D eigenvalue weighted by Gasteiger charge is 2.31. The summed E-state index contributed by atoms with van der Waals surface area (Å²) in [5, 5.41) is 11.1. The van der Waals surface area contributed by atoms with Gasteiger partial charge in [0.1, 0.15) is 11.5 Å². The first kappa shape index (κ1) is 26.8. The molecule has 37 heavy (non-hydrogen) atoms. The molecule has 1 N–H and O–H groups in total. The summed E-state index contributed by atoms with van der Waals surface area (Å²) in [6.45, 7) is 1.18. The van der Waals surface area contributed by atoms with Crippen LogP contribution in [0.5, 0.6) is 11.5 Å². The Hall–Kier alpha value is -3.26. The lowest BCUT2D eigenvalue weighted by Crippen LogP contribution is -2.36. The third-order valence-electron chi connectivity index (χ3n) is 7.12. The van der Waals surface area contributed by atoms with Crippen LogP contribution in [0.1, 0.15) is 42.7 Å². The average Bonchev–Trinajstić information content (AvgIpc) is 2.89. The van der Waals surface area contributed by atoms with E-state index in [1.807, 2.05) is 53.4 Å². The van der Waals surface area contributed by atoms with Crippen LogP contribution in [0.3, 0.4) is 0 Å². The number of nitrogens with zero attached hydrogens (tertiary/aromatic N) is 1. The molecule has 1 aliphatic rings.